The fraction of sp³-hybridized carbons (Fsp3) is 0.214. The third-order valence-corrected chi connectivity index (χ3v) is 6.32. The largest absolute Gasteiger partial charge is 0.273 e. The molecule has 0 fully saturated rings. The van der Waals surface area contributed by atoms with E-state index in [1.165, 1.54) is 24.3 Å². The zero-order chi connectivity index (χ0) is 16.3. The summed E-state index contributed by atoms with van der Waals surface area (Å²) < 4.78 is 26.6. The van der Waals surface area contributed by atoms with Gasteiger partial charge in [-0.3, -0.25) is 4.79 Å². The second-order valence-corrected chi connectivity index (χ2v) is 8.45. The van der Waals surface area contributed by atoms with E-state index in [4.69, 9.17) is 23.2 Å². The first-order valence-corrected chi connectivity index (χ1v) is 9.50. The van der Waals surface area contributed by atoms with Crippen molar-refractivity contribution in [1.29, 1.82) is 0 Å². The van der Waals surface area contributed by atoms with Gasteiger partial charge in [0.2, 0.25) is 0 Å². The maximum atomic E-state index is 12.2. The number of sulfonamides is 1. The van der Waals surface area contributed by atoms with Gasteiger partial charge in [-0.15, -0.1) is 11.3 Å². The number of carbonyl (C=O) groups is 1. The summed E-state index contributed by atoms with van der Waals surface area (Å²) in [5.41, 5.74) is 0.0555. The molecule has 0 spiro atoms. The van der Waals surface area contributed by atoms with Gasteiger partial charge in [-0.1, -0.05) is 36.5 Å². The lowest BCUT2D eigenvalue weighted by atomic mass is 10.2. The molecule has 0 atom stereocenters. The molecule has 0 saturated carbocycles. The topological polar surface area (TPSA) is 63.2 Å². The normalized spacial score (nSPS) is 11.4. The lowest BCUT2D eigenvalue weighted by Gasteiger charge is -2.06. The van der Waals surface area contributed by atoms with E-state index in [2.05, 4.69) is 0 Å². The molecule has 0 aliphatic carbocycles. The molecule has 8 heteroatoms. The van der Waals surface area contributed by atoms with Gasteiger partial charge in [0.05, 0.1) is 10.6 Å². The minimum absolute atomic E-state index is 0.0555. The van der Waals surface area contributed by atoms with Gasteiger partial charge in [-0.2, -0.15) is 0 Å². The lowest BCUT2D eigenvalue weighted by molar-refractivity contribution is 0.0981. The van der Waals surface area contributed by atoms with Crippen molar-refractivity contribution in [3.05, 3.63) is 50.8 Å². The molecule has 0 unspecified atom stereocenters. The number of carbonyl (C=O) groups excluding carboxylic acids is 1. The molecule has 0 aliphatic heterocycles. The Hall–Kier alpha value is -1.08. The molecule has 0 bridgehead atoms. The summed E-state index contributed by atoms with van der Waals surface area (Å²) in [4.78, 5) is 13.0. The zero-order valence-electron chi connectivity index (χ0n) is 11.6. The Balaban J connectivity index is 2.22. The van der Waals surface area contributed by atoms with Gasteiger partial charge in [0, 0.05) is 9.90 Å². The average Bonchev–Trinajstić information content (AvgIpc) is 2.88. The monoisotopic (exact) mass is 377 g/mol. The number of thiophene rings is 1. The van der Waals surface area contributed by atoms with E-state index in [1.54, 1.807) is 6.07 Å². The van der Waals surface area contributed by atoms with Crippen molar-refractivity contribution in [2.75, 3.05) is 0 Å². The number of hydrogen-bond acceptors (Lipinski definition) is 4. The average molecular weight is 378 g/mol. The molecule has 2 rings (SSSR count). The number of amides is 1. The minimum atomic E-state index is -3.90. The Labute approximate surface area is 143 Å². The van der Waals surface area contributed by atoms with Crippen LogP contribution in [0.25, 0.3) is 0 Å². The molecule has 4 nitrogen and oxygen atoms in total. The van der Waals surface area contributed by atoms with Crippen LogP contribution in [0.2, 0.25) is 10.0 Å². The van der Waals surface area contributed by atoms with Crippen LogP contribution in [0.3, 0.4) is 0 Å². The molecule has 1 N–H and O–H groups in total. The van der Waals surface area contributed by atoms with Crippen LogP contribution in [0.5, 0.6) is 0 Å². The molecule has 2 aromatic rings. The van der Waals surface area contributed by atoms with Gasteiger partial charge >= 0.3 is 0 Å². The van der Waals surface area contributed by atoms with Gasteiger partial charge in [0.25, 0.3) is 15.9 Å². The highest BCUT2D eigenvalue weighted by Gasteiger charge is 2.22. The number of nitrogens with one attached hydrogen (secondary N) is 1. The van der Waals surface area contributed by atoms with E-state index in [0.29, 0.717) is 5.02 Å². The summed E-state index contributed by atoms with van der Waals surface area (Å²) in [5, 5.41) is 0.463. The van der Waals surface area contributed by atoms with E-state index in [0.717, 1.165) is 29.1 Å². The van der Waals surface area contributed by atoms with E-state index in [-0.39, 0.29) is 14.8 Å². The smallest absolute Gasteiger partial charge is 0.268 e. The van der Waals surface area contributed by atoms with Crippen molar-refractivity contribution < 1.29 is 13.2 Å². The van der Waals surface area contributed by atoms with Crippen LogP contribution in [-0.2, 0) is 16.4 Å². The first-order chi connectivity index (χ1) is 10.3. The highest BCUT2D eigenvalue weighted by Crippen LogP contribution is 2.24. The Kier molecular flexibility index (Phi) is 5.50. The second-order valence-electron chi connectivity index (χ2n) is 4.53. The van der Waals surface area contributed by atoms with E-state index in [9.17, 15) is 13.2 Å². The van der Waals surface area contributed by atoms with Gasteiger partial charge in [-0.25, -0.2) is 13.1 Å². The highest BCUT2D eigenvalue weighted by atomic mass is 35.5. The molecule has 0 saturated heterocycles. The van der Waals surface area contributed by atoms with Crippen molar-refractivity contribution in [3.63, 3.8) is 0 Å². The summed E-state index contributed by atoms with van der Waals surface area (Å²) in [6, 6.07) is 7.48. The van der Waals surface area contributed by atoms with Crippen LogP contribution in [0.1, 0.15) is 28.6 Å². The van der Waals surface area contributed by atoms with Crippen LogP contribution in [0.4, 0.5) is 0 Å². The maximum Gasteiger partial charge on any atom is 0.273 e. The molecule has 1 heterocycles. The quantitative estimate of drug-likeness (QED) is 0.851. The standard InChI is InChI=1S/C14H13Cl2NO3S2/c1-2-3-10-5-7-13(21-10)22(19,20)17-14(18)11-6-4-9(15)8-12(11)16/h4-8H,2-3H2,1H3,(H,17,18). The summed E-state index contributed by atoms with van der Waals surface area (Å²) in [6.45, 7) is 2.01. The Morgan fingerprint density at radius 1 is 1.23 bits per heavy atom. The van der Waals surface area contributed by atoms with Gasteiger partial charge in [0.1, 0.15) is 4.21 Å². The van der Waals surface area contributed by atoms with Crippen LogP contribution < -0.4 is 4.72 Å². The van der Waals surface area contributed by atoms with Crippen LogP contribution in [0.15, 0.2) is 34.5 Å². The fourth-order valence-electron chi connectivity index (χ4n) is 1.78. The predicted octanol–water partition coefficient (Wildman–Crippen LogP) is 4.13. The Morgan fingerprint density at radius 2 is 1.95 bits per heavy atom. The second kappa shape index (κ2) is 7.00. The van der Waals surface area contributed by atoms with E-state index in [1.807, 2.05) is 11.6 Å². The van der Waals surface area contributed by atoms with Crippen molar-refractivity contribution in [2.24, 2.45) is 0 Å². The summed E-state index contributed by atoms with van der Waals surface area (Å²) in [6.07, 6.45) is 1.73. The van der Waals surface area contributed by atoms with E-state index >= 15 is 0 Å². The molecular formula is C14H13Cl2NO3S2. The molecule has 22 heavy (non-hydrogen) atoms. The van der Waals surface area contributed by atoms with Crippen LogP contribution in [-0.4, -0.2) is 14.3 Å². The molecular weight excluding hydrogens is 365 g/mol. The molecule has 1 aromatic carbocycles. The van der Waals surface area contributed by atoms with Gasteiger partial charge in [-0.05, 0) is 36.8 Å². The fourth-order valence-corrected chi connectivity index (χ4v) is 4.70. The number of hydrogen-bond donors (Lipinski definition) is 1. The number of benzene rings is 1. The first kappa shape index (κ1) is 17.3. The van der Waals surface area contributed by atoms with Crippen LogP contribution in [0, 0.1) is 0 Å². The number of rotatable bonds is 5. The predicted molar refractivity (Wildman–Crippen MR) is 89.4 cm³/mol. The molecule has 0 aliphatic rings. The van der Waals surface area contributed by atoms with Crippen LogP contribution >= 0.6 is 34.5 Å². The third kappa shape index (κ3) is 4.01. The van der Waals surface area contributed by atoms with E-state index < -0.39 is 15.9 Å². The summed E-state index contributed by atoms with van der Waals surface area (Å²) in [7, 11) is -3.90. The summed E-state index contributed by atoms with van der Waals surface area (Å²) >= 11 is 12.8. The Morgan fingerprint density at radius 3 is 2.59 bits per heavy atom. The number of halogens is 2. The molecule has 118 valence electrons. The maximum absolute atomic E-state index is 12.2. The van der Waals surface area contributed by atoms with Crippen molar-refractivity contribution in [2.45, 2.75) is 24.0 Å². The van der Waals surface area contributed by atoms with Crippen molar-refractivity contribution in [3.8, 4) is 0 Å². The molecule has 0 radical (unpaired) electrons. The zero-order valence-corrected chi connectivity index (χ0v) is 14.7. The SMILES string of the molecule is CCCc1ccc(S(=O)(=O)NC(=O)c2ccc(Cl)cc2Cl)s1. The van der Waals surface area contributed by atoms with Gasteiger partial charge < -0.3 is 0 Å². The van der Waals surface area contributed by atoms with Gasteiger partial charge in [0.15, 0.2) is 0 Å². The van der Waals surface area contributed by atoms with Crippen molar-refractivity contribution in [1.82, 2.24) is 4.72 Å². The molecule has 1 aromatic heterocycles. The van der Waals surface area contributed by atoms with Crippen molar-refractivity contribution >= 4 is 50.5 Å². The third-order valence-electron chi connectivity index (χ3n) is 2.80. The summed E-state index contributed by atoms with van der Waals surface area (Å²) in [5.74, 6) is -0.785. The minimum Gasteiger partial charge on any atom is -0.268 e. The number of aryl methyl sites for hydroxylation is 1. The molecule has 1 amide bonds. The highest BCUT2D eigenvalue weighted by molar-refractivity contribution is 7.92. The Bertz CT molecular complexity index is 800. The lowest BCUT2D eigenvalue weighted by Crippen LogP contribution is -2.30. The first-order valence-electron chi connectivity index (χ1n) is 6.44.